The second-order valence-corrected chi connectivity index (χ2v) is 4.10. The van der Waals surface area contributed by atoms with Crippen molar-refractivity contribution in [3.8, 4) is 28.8 Å². The summed E-state index contributed by atoms with van der Waals surface area (Å²) in [5, 5.41) is 9.23. The van der Waals surface area contributed by atoms with Crippen molar-refractivity contribution >= 4 is 0 Å². The van der Waals surface area contributed by atoms with Gasteiger partial charge in [-0.25, -0.2) is 4.98 Å². The van der Waals surface area contributed by atoms with Crippen molar-refractivity contribution in [1.82, 2.24) is 9.55 Å². The van der Waals surface area contributed by atoms with Gasteiger partial charge in [0.15, 0.2) is 11.5 Å². The van der Waals surface area contributed by atoms with E-state index in [2.05, 4.69) is 11.1 Å². The minimum absolute atomic E-state index is 0.532. The molecule has 5 nitrogen and oxygen atoms in total. The van der Waals surface area contributed by atoms with Crippen molar-refractivity contribution in [2.45, 2.75) is 6.92 Å². The molecule has 0 saturated carbocycles. The Labute approximate surface area is 112 Å². The first-order valence-corrected chi connectivity index (χ1v) is 5.78. The summed E-state index contributed by atoms with van der Waals surface area (Å²) < 4.78 is 12.2. The number of aromatic nitrogens is 2. The standard InChI is InChI=1S/C14H15N3O2/c1-9-16-14(11(8-15)17(9)2)10-5-6-12(18-3)13(7-10)19-4/h5-7H,1-4H3. The number of methoxy groups -OCH3 is 2. The molecule has 0 amide bonds. The lowest BCUT2D eigenvalue weighted by molar-refractivity contribution is 0.355. The molecule has 1 aromatic carbocycles. The second kappa shape index (κ2) is 5.02. The predicted octanol–water partition coefficient (Wildman–Crippen LogP) is 2.28. The van der Waals surface area contributed by atoms with Crippen LogP contribution in [0.3, 0.4) is 0 Å². The Morgan fingerprint density at radius 1 is 1.21 bits per heavy atom. The molecule has 2 rings (SSSR count). The normalized spacial score (nSPS) is 10.1. The van der Waals surface area contributed by atoms with Crippen LogP contribution < -0.4 is 9.47 Å². The average Bonchev–Trinajstić information content (AvgIpc) is 2.73. The van der Waals surface area contributed by atoms with Crippen molar-refractivity contribution in [3.63, 3.8) is 0 Å². The molecule has 2 aromatic rings. The predicted molar refractivity (Wildman–Crippen MR) is 71.2 cm³/mol. The highest BCUT2D eigenvalue weighted by molar-refractivity contribution is 5.68. The van der Waals surface area contributed by atoms with Gasteiger partial charge in [-0.05, 0) is 25.1 Å². The summed E-state index contributed by atoms with van der Waals surface area (Å²) in [7, 11) is 4.99. The number of hydrogen-bond acceptors (Lipinski definition) is 4. The lowest BCUT2D eigenvalue weighted by atomic mass is 10.1. The second-order valence-electron chi connectivity index (χ2n) is 4.10. The fraction of sp³-hybridized carbons (Fsp3) is 0.286. The molecule has 0 aliphatic carbocycles. The summed E-state index contributed by atoms with van der Waals surface area (Å²) >= 11 is 0. The molecule has 0 N–H and O–H groups in total. The molecule has 0 saturated heterocycles. The SMILES string of the molecule is COc1ccc(-c2nc(C)n(C)c2C#N)cc1OC. The first kappa shape index (κ1) is 13.0. The van der Waals surface area contributed by atoms with Crippen molar-refractivity contribution in [1.29, 1.82) is 5.26 Å². The monoisotopic (exact) mass is 257 g/mol. The first-order valence-electron chi connectivity index (χ1n) is 5.78. The molecular formula is C14H15N3O2. The van der Waals surface area contributed by atoms with Gasteiger partial charge in [0.2, 0.25) is 0 Å². The van der Waals surface area contributed by atoms with Gasteiger partial charge in [-0.2, -0.15) is 5.26 Å². The molecule has 1 aromatic heterocycles. The maximum absolute atomic E-state index is 9.23. The van der Waals surface area contributed by atoms with E-state index >= 15 is 0 Å². The zero-order chi connectivity index (χ0) is 14.0. The summed E-state index contributed by atoms with van der Waals surface area (Å²) in [5.74, 6) is 2.06. The van der Waals surface area contributed by atoms with Crippen LogP contribution in [-0.2, 0) is 7.05 Å². The molecule has 0 spiro atoms. The molecule has 0 radical (unpaired) electrons. The van der Waals surface area contributed by atoms with Gasteiger partial charge in [0.1, 0.15) is 23.3 Å². The highest BCUT2D eigenvalue weighted by Gasteiger charge is 2.15. The smallest absolute Gasteiger partial charge is 0.161 e. The molecule has 0 aliphatic rings. The van der Waals surface area contributed by atoms with E-state index in [1.807, 2.05) is 26.1 Å². The average molecular weight is 257 g/mol. The van der Waals surface area contributed by atoms with Gasteiger partial charge in [0.25, 0.3) is 0 Å². The van der Waals surface area contributed by atoms with Crippen LogP contribution in [0.5, 0.6) is 11.5 Å². The third-order valence-corrected chi connectivity index (χ3v) is 3.08. The van der Waals surface area contributed by atoms with E-state index < -0.39 is 0 Å². The molecule has 0 atom stereocenters. The van der Waals surface area contributed by atoms with Gasteiger partial charge in [-0.1, -0.05) is 0 Å². The van der Waals surface area contributed by atoms with Gasteiger partial charge in [-0.3, -0.25) is 0 Å². The third-order valence-electron chi connectivity index (χ3n) is 3.08. The Balaban J connectivity index is 2.60. The number of rotatable bonds is 3. The number of imidazole rings is 1. The van der Waals surface area contributed by atoms with Crippen molar-refractivity contribution in [3.05, 3.63) is 29.7 Å². The van der Waals surface area contributed by atoms with Gasteiger partial charge in [0, 0.05) is 12.6 Å². The topological polar surface area (TPSA) is 60.1 Å². The summed E-state index contributed by atoms with van der Waals surface area (Å²) in [4.78, 5) is 4.43. The van der Waals surface area contributed by atoms with Crippen molar-refractivity contribution in [2.75, 3.05) is 14.2 Å². The van der Waals surface area contributed by atoms with E-state index in [9.17, 15) is 5.26 Å². The zero-order valence-electron chi connectivity index (χ0n) is 11.4. The molecule has 0 aliphatic heterocycles. The maximum Gasteiger partial charge on any atom is 0.161 e. The van der Waals surface area contributed by atoms with E-state index in [-0.39, 0.29) is 0 Å². The fourth-order valence-corrected chi connectivity index (χ4v) is 1.92. The van der Waals surface area contributed by atoms with Crippen molar-refractivity contribution < 1.29 is 9.47 Å². The highest BCUT2D eigenvalue weighted by Crippen LogP contribution is 2.33. The van der Waals surface area contributed by atoms with Crippen LogP contribution in [0.4, 0.5) is 0 Å². The van der Waals surface area contributed by atoms with Crippen LogP contribution in [0.25, 0.3) is 11.3 Å². The van der Waals surface area contributed by atoms with E-state index in [1.54, 1.807) is 24.9 Å². The minimum atomic E-state index is 0.532. The van der Waals surface area contributed by atoms with Crippen LogP contribution in [0.2, 0.25) is 0 Å². The zero-order valence-corrected chi connectivity index (χ0v) is 11.4. The van der Waals surface area contributed by atoms with Gasteiger partial charge < -0.3 is 14.0 Å². The molecule has 0 unspecified atom stereocenters. The number of hydrogen-bond donors (Lipinski definition) is 0. The van der Waals surface area contributed by atoms with E-state index in [0.717, 1.165) is 11.4 Å². The quantitative estimate of drug-likeness (QED) is 0.846. The molecule has 0 bridgehead atoms. The number of ether oxygens (including phenoxy) is 2. The molecule has 1 heterocycles. The van der Waals surface area contributed by atoms with Crippen LogP contribution in [-0.4, -0.2) is 23.8 Å². The van der Waals surface area contributed by atoms with Gasteiger partial charge in [-0.15, -0.1) is 0 Å². The number of nitrogens with zero attached hydrogens (tertiary/aromatic N) is 3. The lowest BCUT2D eigenvalue weighted by Crippen LogP contribution is -1.95. The summed E-state index contributed by atoms with van der Waals surface area (Å²) in [6, 6.07) is 7.67. The molecule has 0 fully saturated rings. The Morgan fingerprint density at radius 2 is 1.89 bits per heavy atom. The Kier molecular flexibility index (Phi) is 3.43. The fourth-order valence-electron chi connectivity index (χ4n) is 1.92. The molecule has 98 valence electrons. The third kappa shape index (κ3) is 2.13. The van der Waals surface area contributed by atoms with E-state index in [0.29, 0.717) is 22.9 Å². The number of aryl methyl sites for hydroxylation is 1. The molecule has 5 heteroatoms. The summed E-state index contributed by atoms with van der Waals surface area (Å²) in [5.41, 5.74) is 2.02. The van der Waals surface area contributed by atoms with Crippen LogP contribution in [0.15, 0.2) is 18.2 Å². The van der Waals surface area contributed by atoms with Crippen molar-refractivity contribution in [2.24, 2.45) is 7.05 Å². The van der Waals surface area contributed by atoms with Crippen LogP contribution >= 0.6 is 0 Å². The Morgan fingerprint density at radius 3 is 2.47 bits per heavy atom. The largest absolute Gasteiger partial charge is 0.493 e. The number of benzene rings is 1. The van der Waals surface area contributed by atoms with Gasteiger partial charge in [0.05, 0.1) is 14.2 Å². The maximum atomic E-state index is 9.23. The van der Waals surface area contributed by atoms with E-state index in [4.69, 9.17) is 9.47 Å². The summed E-state index contributed by atoms with van der Waals surface area (Å²) in [6.45, 7) is 1.87. The van der Waals surface area contributed by atoms with Crippen LogP contribution in [0, 0.1) is 18.3 Å². The highest BCUT2D eigenvalue weighted by atomic mass is 16.5. The number of nitriles is 1. The Hall–Kier alpha value is -2.48. The molecular weight excluding hydrogens is 242 g/mol. The summed E-state index contributed by atoms with van der Waals surface area (Å²) in [6.07, 6.45) is 0. The van der Waals surface area contributed by atoms with Crippen LogP contribution in [0.1, 0.15) is 11.5 Å². The lowest BCUT2D eigenvalue weighted by Gasteiger charge is -2.08. The molecule has 19 heavy (non-hydrogen) atoms. The van der Waals surface area contributed by atoms with Gasteiger partial charge >= 0.3 is 0 Å². The Bertz CT molecular complexity index is 653. The first-order chi connectivity index (χ1) is 9.12. The minimum Gasteiger partial charge on any atom is -0.493 e. The van der Waals surface area contributed by atoms with E-state index in [1.165, 1.54) is 0 Å².